The van der Waals surface area contributed by atoms with Crippen molar-refractivity contribution < 1.29 is 36.5 Å². The summed E-state index contributed by atoms with van der Waals surface area (Å²) < 4.78 is 6.15. The molecule has 0 bridgehead atoms. The number of esters is 1. The van der Waals surface area contributed by atoms with Crippen molar-refractivity contribution in [3.8, 4) is 0 Å². The topological polar surface area (TPSA) is 66.8 Å². The molecule has 0 amide bonds. The monoisotopic (exact) mass is 776 g/mol. The third-order valence-corrected chi connectivity index (χ3v) is 14.5. The Kier molecular flexibility index (Phi) is 21.4. The smallest absolute Gasteiger partial charge is 0.462 e. The summed E-state index contributed by atoms with van der Waals surface area (Å²) in [7, 11) is 0. The number of fused-ring (bicyclic) bond motifs is 5. The second kappa shape index (κ2) is 23.4. The summed E-state index contributed by atoms with van der Waals surface area (Å²) >= 11 is 0. The summed E-state index contributed by atoms with van der Waals surface area (Å²) in [6.07, 6.45) is 27.7. The summed E-state index contributed by atoms with van der Waals surface area (Å²) in [4.78, 5) is 26.7. The van der Waals surface area contributed by atoms with Gasteiger partial charge in [-0.05, 0) is 156 Å². The van der Waals surface area contributed by atoms with Crippen LogP contribution in [-0.2, 0) is 31.4 Å². The van der Waals surface area contributed by atoms with Crippen molar-refractivity contribution in [3.63, 3.8) is 0 Å². The first-order valence-electron chi connectivity index (χ1n) is 21.7. The van der Waals surface area contributed by atoms with Crippen LogP contribution in [0.5, 0.6) is 0 Å². The molecule has 1 N–H and O–H groups in total. The minimum absolute atomic E-state index is 0. The number of Topliss-reactive ketones (excluding diaryl/α,β-unsaturated/α-hetero) is 1. The quantitative estimate of drug-likeness (QED) is 0.0368. The molecule has 4 aliphatic carbocycles. The molecule has 0 aromatic heterocycles. The minimum Gasteiger partial charge on any atom is -0.462 e. The van der Waals surface area contributed by atoms with Crippen LogP contribution >= 0.6 is 0 Å². The van der Waals surface area contributed by atoms with E-state index in [9.17, 15) is 14.7 Å². The molecule has 0 heterocycles. The fraction of sp³-hybridized carbons (Fsp3) is 0.891. The average molecular weight is 777 g/mol. The van der Waals surface area contributed by atoms with E-state index in [-0.39, 0.29) is 43.2 Å². The summed E-state index contributed by atoms with van der Waals surface area (Å²) in [5.74, 6) is 5.43. The maximum Gasteiger partial charge on any atom is 1.00 e. The van der Waals surface area contributed by atoms with Gasteiger partial charge in [0.25, 0.3) is 0 Å². The van der Waals surface area contributed by atoms with Crippen molar-refractivity contribution in [1.82, 2.24) is 4.90 Å². The largest absolute Gasteiger partial charge is 1.00 e. The summed E-state index contributed by atoms with van der Waals surface area (Å²) in [5.41, 5.74) is 2.44. The number of ether oxygens (including phenoxy) is 1. The fourth-order valence-corrected chi connectivity index (χ4v) is 11.6. The number of carbonyl (C=O) groups excluding carboxylic acids is 2. The van der Waals surface area contributed by atoms with Gasteiger partial charge in [0.15, 0.2) is 0 Å². The second-order valence-electron chi connectivity index (χ2n) is 18.6. The first-order chi connectivity index (χ1) is 24.0. The van der Waals surface area contributed by atoms with Gasteiger partial charge in [0, 0.05) is 25.9 Å². The van der Waals surface area contributed by atoms with Crippen LogP contribution in [0.25, 0.3) is 0 Å². The zero-order valence-corrected chi connectivity index (χ0v) is 35.9. The second-order valence-corrected chi connectivity index (χ2v) is 18.6. The number of aliphatic hydroxyl groups excluding tert-OH is 1. The normalized spacial score (nSPS) is 30.0. The Bertz CT molecular complexity index is 1080. The number of nitrogens with zero attached hydrogens (tertiary/aromatic N) is 1. The van der Waals surface area contributed by atoms with Crippen molar-refractivity contribution in [2.45, 2.75) is 189 Å². The Labute approximate surface area is 332 Å². The van der Waals surface area contributed by atoms with E-state index < -0.39 is 0 Å². The minimum atomic E-state index is 0. The summed E-state index contributed by atoms with van der Waals surface area (Å²) in [6.45, 7) is 17.7. The van der Waals surface area contributed by atoms with Crippen molar-refractivity contribution >= 4 is 11.8 Å². The summed E-state index contributed by atoms with van der Waals surface area (Å²) in [6, 6.07) is 0. The van der Waals surface area contributed by atoms with Gasteiger partial charge in [-0.15, -0.1) is 0 Å². The molecule has 52 heavy (non-hydrogen) atoms. The molecule has 5 nitrogen and oxygen atoms in total. The Morgan fingerprint density at radius 3 is 2.15 bits per heavy atom. The van der Waals surface area contributed by atoms with Crippen molar-refractivity contribution in [2.24, 2.45) is 46.3 Å². The van der Waals surface area contributed by atoms with Crippen LogP contribution in [0.15, 0.2) is 11.6 Å². The van der Waals surface area contributed by atoms with Gasteiger partial charge in [-0.2, -0.15) is 0 Å². The Morgan fingerprint density at radius 2 is 1.48 bits per heavy atom. The fourth-order valence-electron chi connectivity index (χ4n) is 11.6. The van der Waals surface area contributed by atoms with E-state index in [0.717, 1.165) is 113 Å². The maximum absolute atomic E-state index is 13.0. The van der Waals surface area contributed by atoms with E-state index in [1.54, 1.807) is 12.5 Å². The van der Waals surface area contributed by atoms with Gasteiger partial charge in [-0.25, -0.2) is 0 Å². The number of ketones is 1. The number of aliphatic hydroxyl groups is 1. The van der Waals surface area contributed by atoms with Crippen LogP contribution in [0.2, 0.25) is 0 Å². The standard InChI is InChI=1S/C45H79NO4.CH3.Cu/c1-34(2)17-16-18-35(3)40-23-24-41-39-22-21-37-33-38(25-27-44(37,5)42(39)26-28-45(40,41)6)50-43(49)20-11-9-13-30-46(31-14-15-32-47)29-12-8-7-10-19-36(4)48;;/h21,34-35,38-42,47H,7-20,22-33H2,1-6H3;1H3;/q;-1;+1. The molecule has 0 radical (unpaired) electrons. The maximum atomic E-state index is 13.0. The van der Waals surface area contributed by atoms with Gasteiger partial charge in [0.05, 0.1) is 0 Å². The number of unbranched alkanes of at least 4 members (excludes halogenated alkanes) is 6. The zero-order chi connectivity index (χ0) is 36.1. The van der Waals surface area contributed by atoms with Crippen LogP contribution < -0.4 is 0 Å². The van der Waals surface area contributed by atoms with E-state index in [1.807, 2.05) is 0 Å². The van der Waals surface area contributed by atoms with Crippen LogP contribution in [0.4, 0.5) is 0 Å². The van der Waals surface area contributed by atoms with Crippen molar-refractivity contribution in [3.05, 3.63) is 19.1 Å². The van der Waals surface area contributed by atoms with Gasteiger partial charge in [0.2, 0.25) is 0 Å². The van der Waals surface area contributed by atoms with Crippen molar-refractivity contribution in [2.75, 3.05) is 26.2 Å². The Hall–Kier alpha value is -0.681. The molecule has 0 spiro atoms. The molecule has 6 heteroatoms. The molecular weight excluding hydrogens is 694 g/mol. The average Bonchev–Trinajstić information content (AvgIpc) is 3.43. The molecule has 3 fully saturated rings. The molecule has 3 saturated carbocycles. The molecule has 8 atom stereocenters. The molecule has 0 aliphatic heterocycles. The third-order valence-electron chi connectivity index (χ3n) is 14.5. The first kappa shape index (κ1) is 47.5. The van der Waals surface area contributed by atoms with E-state index in [0.29, 0.717) is 29.5 Å². The van der Waals surface area contributed by atoms with E-state index in [1.165, 1.54) is 70.6 Å². The van der Waals surface area contributed by atoms with Gasteiger partial charge >= 0.3 is 23.0 Å². The Balaban J connectivity index is 0.00000468. The first-order valence-corrected chi connectivity index (χ1v) is 21.7. The number of allylic oxidation sites excluding steroid dienone is 1. The summed E-state index contributed by atoms with van der Waals surface area (Å²) in [5, 5.41) is 9.23. The van der Waals surface area contributed by atoms with Crippen LogP contribution in [0.1, 0.15) is 183 Å². The van der Waals surface area contributed by atoms with E-state index >= 15 is 0 Å². The number of carbonyl (C=O) groups is 2. The van der Waals surface area contributed by atoms with Crippen LogP contribution in [-0.4, -0.2) is 54.1 Å². The number of rotatable bonds is 23. The molecule has 306 valence electrons. The van der Waals surface area contributed by atoms with Crippen LogP contribution in [0, 0.1) is 53.8 Å². The molecule has 0 saturated heterocycles. The van der Waals surface area contributed by atoms with Gasteiger partial charge < -0.3 is 27.0 Å². The SMILES string of the molecule is CC(=O)CCCCCCN(CCCCO)CCCCCC(=O)OC1CCC2(C)C(=CCC3C2CCC2(C)C(C(C)CCCC(C)C)CCC32)C1.[CH3-].[Cu+]. The third kappa shape index (κ3) is 13.2. The predicted octanol–water partition coefficient (Wildman–Crippen LogP) is 11.6. The number of hydrogen-bond donors (Lipinski definition) is 1. The van der Waals surface area contributed by atoms with Gasteiger partial charge in [0.1, 0.15) is 11.9 Å². The number of hydrogen-bond acceptors (Lipinski definition) is 5. The van der Waals surface area contributed by atoms with E-state index in [2.05, 4.69) is 45.6 Å². The molecule has 8 unspecified atom stereocenters. The molecule has 4 rings (SSSR count). The van der Waals surface area contributed by atoms with Gasteiger partial charge in [-0.3, -0.25) is 4.79 Å². The van der Waals surface area contributed by atoms with Gasteiger partial charge in [-0.1, -0.05) is 84.8 Å². The predicted molar refractivity (Wildman–Crippen MR) is 214 cm³/mol. The van der Waals surface area contributed by atoms with Crippen LogP contribution in [0.3, 0.4) is 0 Å². The molecular formula is C46H82CuNO4. The molecule has 0 aromatic carbocycles. The van der Waals surface area contributed by atoms with E-state index in [4.69, 9.17) is 4.74 Å². The Morgan fingerprint density at radius 1 is 0.827 bits per heavy atom. The zero-order valence-electron chi connectivity index (χ0n) is 34.9. The van der Waals surface area contributed by atoms with Crippen molar-refractivity contribution in [1.29, 1.82) is 0 Å². The molecule has 0 aromatic rings. The molecule has 4 aliphatic rings.